The molecule has 0 aromatic heterocycles. The third-order valence-corrected chi connectivity index (χ3v) is 9.09. The number of hydrogen-bond donors (Lipinski definition) is 0. The third kappa shape index (κ3) is 27.9. The van der Waals surface area contributed by atoms with Crippen molar-refractivity contribution >= 4 is 11.6 Å². The van der Waals surface area contributed by atoms with Crippen LogP contribution in [-0.2, 0) is 9.59 Å². The zero-order valence-electron chi connectivity index (χ0n) is 29.1. The second kappa shape index (κ2) is 29.4. The molecule has 0 aliphatic rings. The number of nitrogens with zero attached hydrogens (tertiary/aromatic N) is 1. The predicted octanol–water partition coefficient (Wildman–Crippen LogP) is 11.9. The van der Waals surface area contributed by atoms with Gasteiger partial charge in [0, 0.05) is 25.7 Å². The van der Waals surface area contributed by atoms with Gasteiger partial charge in [-0.3, -0.25) is 9.59 Å². The fourth-order valence-electron chi connectivity index (χ4n) is 6.23. The van der Waals surface area contributed by atoms with Crippen molar-refractivity contribution in [1.82, 2.24) is 0 Å². The maximum atomic E-state index is 13.1. The molecule has 0 aliphatic heterocycles. The summed E-state index contributed by atoms with van der Waals surface area (Å²) in [6.07, 6.45) is 37.3. The van der Waals surface area contributed by atoms with Crippen molar-refractivity contribution in [3.05, 3.63) is 0 Å². The van der Waals surface area contributed by atoms with Crippen LogP contribution in [0.4, 0.5) is 0 Å². The second-order valence-corrected chi connectivity index (χ2v) is 14.2. The van der Waals surface area contributed by atoms with Crippen LogP contribution in [0, 0.1) is 0 Å². The molecule has 0 aromatic carbocycles. The molecule has 244 valence electrons. The Balaban J connectivity index is 3.80. The van der Waals surface area contributed by atoms with Crippen molar-refractivity contribution < 1.29 is 14.1 Å². The molecule has 0 amide bonds. The van der Waals surface area contributed by atoms with Gasteiger partial charge >= 0.3 is 0 Å². The normalized spacial score (nSPS) is 12.6. The summed E-state index contributed by atoms with van der Waals surface area (Å²) in [5, 5.41) is 0. The molecule has 41 heavy (non-hydrogen) atoms. The van der Waals surface area contributed by atoms with Gasteiger partial charge in [-0.1, -0.05) is 168 Å². The number of carbonyl (C=O) groups excluding carboxylic acids is 2. The van der Waals surface area contributed by atoms with Crippen molar-refractivity contribution in [2.24, 2.45) is 0 Å². The van der Waals surface area contributed by atoms with E-state index in [0.29, 0.717) is 35.3 Å². The molecule has 3 heteroatoms. The van der Waals surface area contributed by atoms with Gasteiger partial charge in [-0.15, -0.1) is 0 Å². The molecule has 0 spiro atoms. The van der Waals surface area contributed by atoms with Crippen LogP contribution in [-0.4, -0.2) is 43.2 Å². The Morgan fingerprint density at radius 3 is 1.02 bits per heavy atom. The molecule has 3 nitrogen and oxygen atoms in total. The van der Waals surface area contributed by atoms with E-state index in [1.807, 2.05) is 0 Å². The van der Waals surface area contributed by atoms with Crippen LogP contribution in [0.5, 0.6) is 0 Å². The number of quaternary nitrogens is 1. The maximum absolute atomic E-state index is 13.1. The van der Waals surface area contributed by atoms with Crippen LogP contribution in [0.2, 0.25) is 0 Å². The number of likely N-dealkylation sites (N-methyl/N-ethyl adjacent to an activating group) is 1. The van der Waals surface area contributed by atoms with Crippen LogP contribution in [0.25, 0.3) is 0 Å². The summed E-state index contributed by atoms with van der Waals surface area (Å²) in [5.41, 5.74) is 0. The Morgan fingerprint density at radius 2 is 0.707 bits per heavy atom. The number of Topliss-reactive ketones (excluding diaryl/α,β-unsaturated/α-hetero) is 2. The topological polar surface area (TPSA) is 34.1 Å². The van der Waals surface area contributed by atoms with E-state index in [9.17, 15) is 9.59 Å². The molecule has 0 radical (unpaired) electrons. The summed E-state index contributed by atoms with van der Waals surface area (Å²) < 4.78 is 0.642. The number of rotatable bonds is 33. The first-order valence-corrected chi connectivity index (χ1v) is 18.7. The van der Waals surface area contributed by atoms with Crippen LogP contribution in [0.1, 0.15) is 206 Å². The van der Waals surface area contributed by atoms with Crippen molar-refractivity contribution in [2.45, 2.75) is 213 Å². The van der Waals surface area contributed by atoms with E-state index in [0.717, 1.165) is 19.3 Å². The zero-order valence-corrected chi connectivity index (χ0v) is 29.1. The molecule has 0 heterocycles. The SMILES string of the molecule is CCCCCCCCCCCCCCCC(=O)CCC(C(=O)CCCCCCCCCCCCCCC)[N+](C)(C)C. The fraction of sp³-hybridized carbons (Fsp3) is 0.947. The molecule has 0 rings (SSSR count). The van der Waals surface area contributed by atoms with Gasteiger partial charge in [0.15, 0.2) is 5.78 Å². The molecular weight excluding hydrogens is 502 g/mol. The molecule has 0 saturated heterocycles. The Kier molecular flexibility index (Phi) is 28.9. The molecule has 0 saturated carbocycles. The molecule has 0 aliphatic carbocycles. The van der Waals surface area contributed by atoms with E-state index in [1.165, 1.54) is 154 Å². The van der Waals surface area contributed by atoms with Crippen LogP contribution in [0.3, 0.4) is 0 Å². The van der Waals surface area contributed by atoms with Gasteiger partial charge in [0.25, 0.3) is 0 Å². The molecule has 0 bridgehead atoms. The highest BCUT2D eigenvalue weighted by molar-refractivity contribution is 5.84. The van der Waals surface area contributed by atoms with Gasteiger partial charge in [0.05, 0.1) is 21.1 Å². The van der Waals surface area contributed by atoms with Gasteiger partial charge < -0.3 is 4.48 Å². The van der Waals surface area contributed by atoms with Crippen molar-refractivity contribution in [3.8, 4) is 0 Å². The predicted molar refractivity (Wildman–Crippen MR) is 182 cm³/mol. The molecule has 0 fully saturated rings. The minimum Gasteiger partial charge on any atom is -0.322 e. The van der Waals surface area contributed by atoms with Crippen LogP contribution in [0.15, 0.2) is 0 Å². The Labute approximate surface area is 259 Å². The van der Waals surface area contributed by atoms with E-state index in [-0.39, 0.29) is 6.04 Å². The standard InChI is InChI=1S/C38H76NO2/c1-6-8-10-12-14-16-18-20-22-24-26-28-30-32-36(40)34-35-37(39(3,4)5)38(41)33-31-29-27-25-23-21-19-17-15-13-11-9-7-2/h37H,6-35H2,1-5H3/q+1. The minimum absolute atomic E-state index is 0.0390. The van der Waals surface area contributed by atoms with E-state index in [2.05, 4.69) is 35.0 Å². The smallest absolute Gasteiger partial charge is 0.189 e. The largest absolute Gasteiger partial charge is 0.322 e. The van der Waals surface area contributed by atoms with Crippen LogP contribution < -0.4 is 0 Å². The van der Waals surface area contributed by atoms with E-state index < -0.39 is 0 Å². The van der Waals surface area contributed by atoms with E-state index >= 15 is 0 Å². The Morgan fingerprint density at radius 1 is 0.415 bits per heavy atom. The fourth-order valence-corrected chi connectivity index (χ4v) is 6.23. The first kappa shape index (κ1) is 40.3. The lowest BCUT2D eigenvalue weighted by Gasteiger charge is -2.33. The summed E-state index contributed by atoms with van der Waals surface area (Å²) in [7, 11) is 6.34. The van der Waals surface area contributed by atoms with Gasteiger partial charge in [-0.2, -0.15) is 0 Å². The third-order valence-electron chi connectivity index (χ3n) is 9.09. The first-order valence-electron chi connectivity index (χ1n) is 18.7. The van der Waals surface area contributed by atoms with Crippen molar-refractivity contribution in [1.29, 1.82) is 0 Å². The monoisotopic (exact) mass is 579 g/mol. The van der Waals surface area contributed by atoms with Gasteiger partial charge in [0.1, 0.15) is 11.8 Å². The van der Waals surface area contributed by atoms with Crippen molar-refractivity contribution in [2.75, 3.05) is 21.1 Å². The average molecular weight is 579 g/mol. The quantitative estimate of drug-likeness (QED) is 0.0573. The van der Waals surface area contributed by atoms with Crippen LogP contribution >= 0.6 is 0 Å². The van der Waals surface area contributed by atoms with Gasteiger partial charge in [0.2, 0.25) is 0 Å². The van der Waals surface area contributed by atoms with E-state index in [1.54, 1.807) is 0 Å². The van der Waals surface area contributed by atoms with Crippen molar-refractivity contribution in [3.63, 3.8) is 0 Å². The Bertz CT molecular complexity index is 579. The number of hydrogen-bond acceptors (Lipinski definition) is 2. The molecule has 0 N–H and O–H groups in total. The maximum Gasteiger partial charge on any atom is 0.189 e. The molecule has 1 unspecified atom stereocenters. The lowest BCUT2D eigenvalue weighted by atomic mass is 9.96. The summed E-state index contributed by atoms with van der Waals surface area (Å²) >= 11 is 0. The van der Waals surface area contributed by atoms with Gasteiger partial charge in [-0.25, -0.2) is 0 Å². The second-order valence-electron chi connectivity index (χ2n) is 14.2. The first-order chi connectivity index (χ1) is 19.8. The lowest BCUT2D eigenvalue weighted by Crippen LogP contribution is -2.50. The number of carbonyl (C=O) groups is 2. The summed E-state index contributed by atoms with van der Waals surface area (Å²) in [5.74, 6) is 0.731. The van der Waals surface area contributed by atoms with E-state index in [4.69, 9.17) is 0 Å². The summed E-state index contributed by atoms with van der Waals surface area (Å²) in [6, 6.07) is -0.0390. The summed E-state index contributed by atoms with van der Waals surface area (Å²) in [4.78, 5) is 25.6. The average Bonchev–Trinajstić information content (AvgIpc) is 2.93. The number of unbranched alkanes of at least 4 members (excludes halogenated alkanes) is 24. The Hall–Kier alpha value is -0.700. The molecular formula is C38H76NO2+. The summed E-state index contributed by atoms with van der Waals surface area (Å²) in [6.45, 7) is 4.56. The highest BCUT2D eigenvalue weighted by Crippen LogP contribution is 2.19. The van der Waals surface area contributed by atoms with Gasteiger partial charge in [-0.05, 0) is 12.8 Å². The molecule has 0 aromatic rings. The highest BCUT2D eigenvalue weighted by atomic mass is 16.1. The zero-order chi connectivity index (χ0) is 30.4. The highest BCUT2D eigenvalue weighted by Gasteiger charge is 2.30. The number of ketones is 2. The minimum atomic E-state index is -0.0390. The lowest BCUT2D eigenvalue weighted by molar-refractivity contribution is -0.886. The molecule has 1 atom stereocenters.